The van der Waals surface area contributed by atoms with Crippen molar-refractivity contribution >= 4 is 0 Å². The molecule has 7 heteroatoms. The van der Waals surface area contributed by atoms with Crippen LogP contribution in [0.15, 0.2) is 60.7 Å². The molecule has 2 atom stereocenters. The van der Waals surface area contributed by atoms with E-state index in [2.05, 4.69) is 66.7 Å². The van der Waals surface area contributed by atoms with Gasteiger partial charge in [0.25, 0.3) is 0 Å². The first-order valence-electron chi connectivity index (χ1n) is 15.1. The lowest BCUT2D eigenvalue weighted by molar-refractivity contribution is 0.122. The van der Waals surface area contributed by atoms with Gasteiger partial charge in [0.05, 0.1) is 14.2 Å². The van der Waals surface area contributed by atoms with Gasteiger partial charge in [-0.2, -0.15) is 0 Å². The summed E-state index contributed by atoms with van der Waals surface area (Å²) in [6, 6.07) is 21.2. The van der Waals surface area contributed by atoms with Crippen molar-refractivity contribution in [3.8, 4) is 46.0 Å². The van der Waals surface area contributed by atoms with E-state index in [1.807, 2.05) is 18.2 Å². The van der Waals surface area contributed by atoms with Crippen LogP contribution in [-0.2, 0) is 31.2 Å². The monoisotopic (exact) mass is 576 g/mol. The average Bonchev–Trinajstić information content (AvgIpc) is 3.02. The largest absolute Gasteiger partial charge is 0.493 e. The van der Waals surface area contributed by atoms with E-state index in [1.54, 1.807) is 14.2 Å². The molecule has 7 bridgehead atoms. The quantitative estimate of drug-likeness (QED) is 0.241. The minimum Gasteiger partial charge on any atom is -0.493 e. The van der Waals surface area contributed by atoms with E-state index < -0.39 is 0 Å². The molecule has 220 valence electrons. The van der Waals surface area contributed by atoms with Gasteiger partial charge in [-0.25, -0.2) is 0 Å². The molecule has 43 heavy (non-hydrogen) atoms. The molecule has 1 unspecified atom stereocenters. The first-order valence-corrected chi connectivity index (χ1v) is 15.1. The van der Waals surface area contributed by atoms with Gasteiger partial charge in [-0.1, -0.05) is 18.2 Å². The van der Waals surface area contributed by atoms with Gasteiger partial charge >= 0.3 is 0 Å². The summed E-state index contributed by atoms with van der Waals surface area (Å²) < 4.78 is 31.5. The third-order valence-electron chi connectivity index (χ3n) is 9.78. The SMILES string of the molecule is COc1ccc2cc1Oc1ccc(cc1)CC1NCCc3cc(OC)c4c(c31)Oc1cc3c(cc1O4)CCN(C)[C@@]3(C)C2. The summed E-state index contributed by atoms with van der Waals surface area (Å²) in [6.45, 7) is 4.14. The van der Waals surface area contributed by atoms with Crippen molar-refractivity contribution in [1.82, 2.24) is 10.2 Å². The lowest BCUT2D eigenvalue weighted by Gasteiger charge is -2.45. The Morgan fingerprint density at radius 3 is 2.37 bits per heavy atom. The molecule has 5 heterocycles. The van der Waals surface area contributed by atoms with Gasteiger partial charge < -0.3 is 29.0 Å². The standard InChI is InChI=1S/C36H36N2O5/c1-36-20-22-7-10-28(39-3)29(16-22)41-25-8-5-21(6-9-25)15-27-33-24(11-13-37-27)18-32(40-4)34-35(33)43-31-19-26(36)23(12-14-38(36)2)17-30(31)42-34/h5-10,16-19,27,37H,11-15,20H2,1-4H3/t27?,36-/m0/s1. The predicted molar refractivity (Wildman–Crippen MR) is 165 cm³/mol. The predicted octanol–water partition coefficient (Wildman–Crippen LogP) is 7.08. The van der Waals surface area contributed by atoms with Crippen LogP contribution in [0.1, 0.15) is 46.3 Å². The minimum absolute atomic E-state index is 0.0602. The second-order valence-electron chi connectivity index (χ2n) is 12.3. The van der Waals surface area contributed by atoms with E-state index in [0.29, 0.717) is 23.0 Å². The van der Waals surface area contributed by atoms with E-state index in [9.17, 15) is 0 Å². The fraction of sp³-hybridized carbons (Fsp3) is 0.333. The van der Waals surface area contributed by atoms with Crippen molar-refractivity contribution in [2.45, 2.75) is 44.2 Å². The van der Waals surface area contributed by atoms with Crippen molar-refractivity contribution in [1.29, 1.82) is 0 Å². The molecule has 9 rings (SSSR count). The number of nitrogens with one attached hydrogen (secondary N) is 1. The number of rotatable bonds is 2. The molecule has 4 aromatic rings. The fourth-order valence-electron chi connectivity index (χ4n) is 7.30. The van der Waals surface area contributed by atoms with Gasteiger partial charge in [-0.05, 0) is 116 Å². The first-order chi connectivity index (χ1) is 20.9. The lowest BCUT2D eigenvalue weighted by Crippen LogP contribution is -2.47. The molecule has 4 aromatic carbocycles. The van der Waals surface area contributed by atoms with Crippen molar-refractivity contribution in [3.63, 3.8) is 0 Å². The molecule has 0 saturated carbocycles. The van der Waals surface area contributed by atoms with Gasteiger partial charge in [0.1, 0.15) is 5.75 Å². The van der Waals surface area contributed by atoms with Crippen LogP contribution in [-0.4, -0.2) is 39.3 Å². The molecule has 0 fully saturated rings. The van der Waals surface area contributed by atoms with E-state index in [0.717, 1.165) is 67.3 Å². The van der Waals surface area contributed by atoms with Crippen molar-refractivity contribution in [3.05, 3.63) is 94.0 Å². The Kier molecular flexibility index (Phi) is 6.10. The summed E-state index contributed by atoms with van der Waals surface area (Å²) in [5.41, 5.74) is 7.01. The Morgan fingerprint density at radius 1 is 0.791 bits per heavy atom. The molecule has 0 aliphatic carbocycles. The zero-order valence-electron chi connectivity index (χ0n) is 25.1. The van der Waals surface area contributed by atoms with E-state index in [-0.39, 0.29) is 11.6 Å². The second-order valence-corrected chi connectivity index (χ2v) is 12.3. The van der Waals surface area contributed by atoms with Crippen LogP contribution >= 0.6 is 0 Å². The molecule has 5 aliphatic rings. The maximum atomic E-state index is 6.89. The van der Waals surface area contributed by atoms with Crippen molar-refractivity contribution < 1.29 is 23.7 Å². The number of ether oxygens (including phenoxy) is 5. The smallest absolute Gasteiger partial charge is 0.212 e. The third kappa shape index (κ3) is 4.25. The maximum Gasteiger partial charge on any atom is 0.212 e. The van der Waals surface area contributed by atoms with Crippen LogP contribution in [0.2, 0.25) is 0 Å². The summed E-state index contributed by atoms with van der Waals surface area (Å²) in [4.78, 5) is 2.45. The van der Waals surface area contributed by atoms with Crippen LogP contribution < -0.4 is 29.0 Å². The summed E-state index contributed by atoms with van der Waals surface area (Å²) in [6.07, 6.45) is 3.42. The summed E-state index contributed by atoms with van der Waals surface area (Å²) in [5, 5.41) is 3.75. The number of fused-ring (bicyclic) bond motifs is 2. The Labute approximate surface area is 252 Å². The van der Waals surface area contributed by atoms with E-state index >= 15 is 0 Å². The van der Waals surface area contributed by atoms with Gasteiger partial charge in [-0.15, -0.1) is 0 Å². The summed E-state index contributed by atoms with van der Waals surface area (Å²) in [7, 11) is 5.60. The third-order valence-corrected chi connectivity index (χ3v) is 9.78. The van der Waals surface area contributed by atoms with Crippen LogP contribution in [0.3, 0.4) is 0 Å². The van der Waals surface area contributed by atoms with Crippen LogP contribution in [0.4, 0.5) is 0 Å². The zero-order chi connectivity index (χ0) is 29.3. The van der Waals surface area contributed by atoms with Gasteiger partial charge in [0.15, 0.2) is 34.5 Å². The van der Waals surface area contributed by atoms with Gasteiger partial charge in [-0.3, -0.25) is 4.90 Å². The van der Waals surface area contributed by atoms with Gasteiger partial charge in [0, 0.05) is 23.7 Å². The number of benzene rings is 4. The zero-order valence-corrected chi connectivity index (χ0v) is 25.1. The molecule has 0 amide bonds. The molecule has 1 N–H and O–H groups in total. The summed E-state index contributed by atoms with van der Waals surface area (Å²) >= 11 is 0. The average molecular weight is 577 g/mol. The van der Waals surface area contributed by atoms with Crippen LogP contribution in [0, 0.1) is 0 Å². The Bertz CT molecular complexity index is 1750. The van der Waals surface area contributed by atoms with Gasteiger partial charge in [0.2, 0.25) is 5.75 Å². The van der Waals surface area contributed by atoms with Crippen molar-refractivity contribution in [2.24, 2.45) is 0 Å². The van der Waals surface area contributed by atoms with E-state index in [1.165, 1.54) is 27.8 Å². The highest BCUT2D eigenvalue weighted by molar-refractivity contribution is 5.67. The highest BCUT2D eigenvalue weighted by Gasteiger charge is 2.40. The number of nitrogens with zero attached hydrogens (tertiary/aromatic N) is 1. The first kappa shape index (κ1) is 26.4. The fourth-order valence-corrected chi connectivity index (χ4v) is 7.30. The second kappa shape index (κ2) is 9.93. The number of methoxy groups -OCH3 is 2. The molecular weight excluding hydrogens is 540 g/mol. The minimum atomic E-state index is -0.275. The molecule has 7 nitrogen and oxygen atoms in total. The molecule has 0 saturated heterocycles. The van der Waals surface area contributed by atoms with Crippen LogP contribution in [0.5, 0.6) is 46.0 Å². The topological polar surface area (TPSA) is 61.4 Å². The lowest BCUT2D eigenvalue weighted by atomic mass is 9.78. The number of hydrogen-bond donors (Lipinski definition) is 1. The number of hydrogen-bond acceptors (Lipinski definition) is 7. The Morgan fingerprint density at radius 2 is 1.56 bits per heavy atom. The maximum absolute atomic E-state index is 6.89. The normalized spacial score (nSPS) is 21.6. The summed E-state index contributed by atoms with van der Waals surface area (Å²) in [5.74, 6) is 5.81. The molecular formula is C36H36N2O5. The van der Waals surface area contributed by atoms with Crippen LogP contribution in [0.25, 0.3) is 0 Å². The molecule has 0 aromatic heterocycles. The number of likely N-dealkylation sites (N-methyl/N-ethyl adjacent to an activating group) is 1. The molecule has 5 aliphatic heterocycles. The highest BCUT2D eigenvalue weighted by atomic mass is 16.6. The van der Waals surface area contributed by atoms with E-state index in [4.69, 9.17) is 23.7 Å². The van der Waals surface area contributed by atoms with Crippen molar-refractivity contribution in [2.75, 3.05) is 34.4 Å². The highest BCUT2D eigenvalue weighted by Crippen LogP contribution is 2.56. The Hall–Kier alpha value is -4.20. The molecule has 0 spiro atoms. The Balaban J connectivity index is 1.34. The molecule has 0 radical (unpaired) electrons.